The average molecular weight is 363 g/mol. The molecule has 0 saturated heterocycles. The first-order valence-electron chi connectivity index (χ1n) is 7.71. The third-order valence-electron chi connectivity index (χ3n) is 3.59. The van der Waals surface area contributed by atoms with Gasteiger partial charge in [0, 0.05) is 24.4 Å². The molecule has 0 atom stereocenters. The molecule has 0 saturated carbocycles. The van der Waals surface area contributed by atoms with Gasteiger partial charge in [0.15, 0.2) is 5.13 Å². The highest BCUT2D eigenvalue weighted by molar-refractivity contribution is 7.22. The van der Waals surface area contributed by atoms with E-state index in [2.05, 4.69) is 10.1 Å². The van der Waals surface area contributed by atoms with Crippen LogP contribution in [0.5, 0.6) is 0 Å². The minimum Gasteiger partial charge on any atom is -0.286 e. The second-order valence-corrected chi connectivity index (χ2v) is 7.98. The summed E-state index contributed by atoms with van der Waals surface area (Å²) >= 11 is 7.71. The third-order valence-corrected chi connectivity index (χ3v) is 4.94. The Morgan fingerprint density at radius 1 is 1.33 bits per heavy atom. The van der Waals surface area contributed by atoms with Gasteiger partial charge in [0.05, 0.1) is 16.3 Å². The van der Waals surface area contributed by atoms with Gasteiger partial charge in [0.2, 0.25) is 5.91 Å². The molecular formula is C17H19ClN4OS. The highest BCUT2D eigenvalue weighted by Gasteiger charge is 2.30. The lowest BCUT2D eigenvalue weighted by Gasteiger charge is -2.27. The first kappa shape index (κ1) is 16.9. The molecule has 0 aliphatic carbocycles. The molecule has 3 rings (SSSR count). The molecule has 1 aromatic carbocycles. The zero-order valence-electron chi connectivity index (χ0n) is 13.9. The number of carbonyl (C=O) groups is 1. The maximum atomic E-state index is 12.9. The van der Waals surface area contributed by atoms with Crippen molar-refractivity contribution in [2.24, 2.45) is 5.41 Å². The Kier molecular flexibility index (Phi) is 4.60. The van der Waals surface area contributed by atoms with E-state index in [4.69, 9.17) is 11.6 Å². The van der Waals surface area contributed by atoms with Gasteiger partial charge in [-0.2, -0.15) is 5.10 Å². The SMILES string of the molecule is CC(C)(C)C(=O)N(CCn1cccn1)c1nc2c(Cl)cccc2s1. The molecule has 24 heavy (non-hydrogen) atoms. The molecule has 0 spiro atoms. The van der Waals surface area contributed by atoms with E-state index in [-0.39, 0.29) is 5.91 Å². The van der Waals surface area contributed by atoms with Gasteiger partial charge in [-0.3, -0.25) is 14.4 Å². The lowest BCUT2D eigenvalue weighted by atomic mass is 9.95. The predicted molar refractivity (Wildman–Crippen MR) is 98.7 cm³/mol. The van der Waals surface area contributed by atoms with Crippen LogP contribution in [0.3, 0.4) is 0 Å². The number of nitrogens with zero attached hydrogens (tertiary/aromatic N) is 4. The largest absolute Gasteiger partial charge is 0.286 e. The molecule has 0 radical (unpaired) electrons. The molecule has 2 heterocycles. The Morgan fingerprint density at radius 3 is 2.75 bits per heavy atom. The molecule has 2 aromatic heterocycles. The number of thiazole rings is 1. The van der Waals surface area contributed by atoms with Gasteiger partial charge < -0.3 is 0 Å². The number of aromatic nitrogens is 3. The third kappa shape index (κ3) is 3.44. The van der Waals surface area contributed by atoms with Crippen LogP contribution in [-0.2, 0) is 11.3 Å². The Bertz CT molecular complexity index is 851. The van der Waals surface area contributed by atoms with Crippen LogP contribution in [0, 0.1) is 5.41 Å². The maximum absolute atomic E-state index is 12.9. The first-order chi connectivity index (χ1) is 11.4. The van der Waals surface area contributed by atoms with Gasteiger partial charge in [-0.15, -0.1) is 0 Å². The zero-order valence-corrected chi connectivity index (χ0v) is 15.4. The Labute approximate surface area is 149 Å². The van der Waals surface area contributed by atoms with Crippen LogP contribution in [0.1, 0.15) is 20.8 Å². The van der Waals surface area contributed by atoms with E-state index in [0.29, 0.717) is 23.2 Å². The van der Waals surface area contributed by atoms with Gasteiger partial charge in [0.25, 0.3) is 0 Å². The first-order valence-corrected chi connectivity index (χ1v) is 8.90. The summed E-state index contributed by atoms with van der Waals surface area (Å²) in [5, 5.41) is 5.47. The number of para-hydroxylation sites is 1. The normalized spacial score (nSPS) is 11.8. The number of halogens is 1. The molecule has 0 bridgehead atoms. The fraction of sp³-hybridized carbons (Fsp3) is 0.353. The van der Waals surface area contributed by atoms with Gasteiger partial charge in [-0.05, 0) is 18.2 Å². The van der Waals surface area contributed by atoms with E-state index in [1.165, 1.54) is 11.3 Å². The molecule has 0 N–H and O–H groups in total. The van der Waals surface area contributed by atoms with Crippen molar-refractivity contribution in [1.82, 2.24) is 14.8 Å². The summed E-state index contributed by atoms with van der Waals surface area (Å²) in [6, 6.07) is 7.54. The number of hydrogen-bond donors (Lipinski definition) is 0. The van der Waals surface area contributed by atoms with Crippen LogP contribution in [0.2, 0.25) is 5.02 Å². The second-order valence-electron chi connectivity index (χ2n) is 6.56. The number of fused-ring (bicyclic) bond motifs is 1. The van der Waals surface area contributed by atoms with Crippen molar-refractivity contribution < 1.29 is 4.79 Å². The summed E-state index contributed by atoms with van der Waals surface area (Å²) in [4.78, 5) is 19.3. The van der Waals surface area contributed by atoms with Crippen LogP contribution < -0.4 is 4.90 Å². The van der Waals surface area contributed by atoms with E-state index in [1.807, 2.05) is 55.9 Å². The van der Waals surface area contributed by atoms with Crippen molar-refractivity contribution in [3.8, 4) is 0 Å². The van der Waals surface area contributed by atoms with Gasteiger partial charge >= 0.3 is 0 Å². The fourth-order valence-corrected chi connectivity index (χ4v) is 3.63. The molecule has 0 aliphatic heterocycles. The number of rotatable bonds is 4. The van der Waals surface area contributed by atoms with E-state index in [1.54, 1.807) is 11.1 Å². The molecule has 0 aliphatic rings. The van der Waals surface area contributed by atoms with Crippen molar-refractivity contribution in [1.29, 1.82) is 0 Å². The summed E-state index contributed by atoms with van der Waals surface area (Å²) < 4.78 is 2.78. The van der Waals surface area contributed by atoms with Crippen molar-refractivity contribution in [2.45, 2.75) is 27.3 Å². The van der Waals surface area contributed by atoms with E-state index in [9.17, 15) is 4.79 Å². The molecule has 7 heteroatoms. The van der Waals surface area contributed by atoms with Crippen molar-refractivity contribution in [3.63, 3.8) is 0 Å². The average Bonchev–Trinajstić information content (AvgIpc) is 3.16. The maximum Gasteiger partial charge on any atom is 0.234 e. The Hall–Kier alpha value is -1.92. The molecular weight excluding hydrogens is 344 g/mol. The number of hydrogen-bond acceptors (Lipinski definition) is 4. The summed E-state index contributed by atoms with van der Waals surface area (Å²) in [5.41, 5.74) is 0.246. The summed E-state index contributed by atoms with van der Waals surface area (Å²) in [6.07, 6.45) is 3.61. The van der Waals surface area contributed by atoms with E-state index >= 15 is 0 Å². The number of amides is 1. The van der Waals surface area contributed by atoms with E-state index in [0.717, 1.165) is 10.2 Å². The zero-order chi connectivity index (χ0) is 17.3. The standard InChI is InChI=1S/C17H19ClN4OS/c1-17(2,3)15(23)22(11-10-21-9-5-8-19-21)16-20-14-12(18)6-4-7-13(14)24-16/h4-9H,10-11H2,1-3H3. The van der Waals surface area contributed by atoms with Gasteiger partial charge in [-0.1, -0.05) is 49.8 Å². The summed E-state index contributed by atoms with van der Waals surface area (Å²) in [7, 11) is 0. The number of benzene rings is 1. The monoisotopic (exact) mass is 362 g/mol. The minimum atomic E-state index is -0.494. The van der Waals surface area contributed by atoms with Crippen LogP contribution in [-0.4, -0.2) is 27.2 Å². The highest BCUT2D eigenvalue weighted by atomic mass is 35.5. The molecule has 0 fully saturated rings. The predicted octanol–water partition coefficient (Wildman–Crippen LogP) is 4.23. The van der Waals surface area contributed by atoms with Gasteiger partial charge in [0.1, 0.15) is 5.52 Å². The molecule has 126 valence electrons. The quantitative estimate of drug-likeness (QED) is 0.698. The van der Waals surface area contributed by atoms with Crippen molar-refractivity contribution in [2.75, 3.05) is 11.4 Å². The molecule has 5 nitrogen and oxygen atoms in total. The number of carbonyl (C=O) groups excluding carboxylic acids is 1. The van der Waals surface area contributed by atoms with Crippen LogP contribution in [0.4, 0.5) is 5.13 Å². The number of anilines is 1. The highest BCUT2D eigenvalue weighted by Crippen LogP contribution is 2.34. The van der Waals surface area contributed by atoms with Crippen LogP contribution >= 0.6 is 22.9 Å². The Balaban J connectivity index is 1.95. The molecule has 3 aromatic rings. The van der Waals surface area contributed by atoms with Gasteiger partial charge in [-0.25, -0.2) is 4.98 Å². The van der Waals surface area contributed by atoms with Crippen molar-refractivity contribution >= 4 is 44.2 Å². The smallest absolute Gasteiger partial charge is 0.234 e. The van der Waals surface area contributed by atoms with Crippen LogP contribution in [0.15, 0.2) is 36.7 Å². The Morgan fingerprint density at radius 2 is 2.12 bits per heavy atom. The second kappa shape index (κ2) is 6.53. The minimum absolute atomic E-state index is 0.0323. The van der Waals surface area contributed by atoms with E-state index < -0.39 is 5.41 Å². The molecule has 0 unspecified atom stereocenters. The lowest BCUT2D eigenvalue weighted by molar-refractivity contribution is -0.125. The summed E-state index contributed by atoms with van der Waals surface area (Å²) in [6.45, 7) is 6.86. The van der Waals surface area contributed by atoms with Crippen molar-refractivity contribution in [3.05, 3.63) is 41.7 Å². The molecule has 1 amide bonds. The lowest BCUT2D eigenvalue weighted by Crippen LogP contribution is -2.41. The van der Waals surface area contributed by atoms with Crippen LogP contribution in [0.25, 0.3) is 10.2 Å². The summed E-state index contributed by atoms with van der Waals surface area (Å²) in [5.74, 6) is 0.0323. The fourth-order valence-electron chi connectivity index (χ4n) is 2.34. The topological polar surface area (TPSA) is 51.0 Å².